The molecule has 1 aliphatic carbocycles. The number of nitrogens with one attached hydrogen (secondary N) is 1. The Bertz CT molecular complexity index is 705. The number of nitrogens with zero attached hydrogens (tertiary/aromatic N) is 1. The summed E-state index contributed by atoms with van der Waals surface area (Å²) in [5.74, 6) is -0.578. The van der Waals surface area contributed by atoms with E-state index < -0.39 is 0 Å². The van der Waals surface area contributed by atoms with Crippen molar-refractivity contribution < 1.29 is 9.18 Å². The van der Waals surface area contributed by atoms with Gasteiger partial charge in [0.1, 0.15) is 11.4 Å². The van der Waals surface area contributed by atoms with Crippen molar-refractivity contribution in [1.29, 1.82) is 0 Å². The van der Waals surface area contributed by atoms with Gasteiger partial charge < -0.3 is 9.88 Å². The highest BCUT2D eigenvalue weighted by Crippen LogP contribution is 2.29. The molecule has 2 aromatic rings. The summed E-state index contributed by atoms with van der Waals surface area (Å²) < 4.78 is 12.9. The minimum Gasteiger partial charge on any atom is -0.367 e. The van der Waals surface area contributed by atoms with Crippen LogP contribution < -0.4 is 5.43 Å². The summed E-state index contributed by atoms with van der Waals surface area (Å²) in [5.41, 5.74) is 0.707. The first kappa shape index (κ1) is 13.5. The Morgan fingerprint density at radius 3 is 2.57 bits per heavy atom. The van der Waals surface area contributed by atoms with Crippen molar-refractivity contribution in [3.05, 3.63) is 69.9 Å². The predicted octanol–water partition coefficient (Wildman–Crippen LogP) is 2.32. The molecule has 1 heterocycles. The van der Waals surface area contributed by atoms with Crippen molar-refractivity contribution in [3.63, 3.8) is 0 Å². The third-order valence-corrected chi connectivity index (χ3v) is 3.57. The van der Waals surface area contributed by atoms with Crippen molar-refractivity contribution in [2.45, 2.75) is 25.4 Å². The third-order valence-electron chi connectivity index (χ3n) is 3.57. The zero-order valence-electron chi connectivity index (χ0n) is 11.4. The van der Waals surface area contributed by atoms with Crippen LogP contribution in [-0.2, 0) is 6.54 Å². The van der Waals surface area contributed by atoms with E-state index in [4.69, 9.17) is 0 Å². The van der Waals surface area contributed by atoms with Crippen LogP contribution in [0.1, 0.15) is 28.8 Å². The number of carbonyl (C=O) groups is 1. The molecule has 1 aliphatic rings. The molecule has 0 saturated heterocycles. The molecule has 1 saturated carbocycles. The molecule has 5 heteroatoms. The minimum absolute atomic E-state index is 0.145. The van der Waals surface area contributed by atoms with Crippen molar-refractivity contribution in [2.75, 3.05) is 0 Å². The number of pyridine rings is 1. The summed E-state index contributed by atoms with van der Waals surface area (Å²) in [6, 6.07) is 7.58. The Balaban J connectivity index is 1.85. The molecule has 0 bridgehead atoms. The second-order valence-corrected chi connectivity index (χ2v) is 5.21. The normalized spacial score (nSPS) is 14.0. The molecule has 1 aromatic carbocycles. The molecule has 21 heavy (non-hydrogen) atoms. The zero-order valence-corrected chi connectivity index (χ0v) is 11.4. The maximum atomic E-state index is 12.9. The van der Waals surface area contributed by atoms with Crippen LogP contribution in [0.3, 0.4) is 0 Å². The van der Waals surface area contributed by atoms with Crippen molar-refractivity contribution in [1.82, 2.24) is 9.88 Å². The minimum atomic E-state index is -0.303. The topological polar surface area (TPSA) is 53.2 Å². The maximum absolute atomic E-state index is 12.9. The number of hydrogen-bond acceptors (Lipinski definition) is 2. The number of carbonyl (C=O) groups excluding carboxylic acids is 1. The summed E-state index contributed by atoms with van der Waals surface area (Å²) in [4.78, 5) is 28.8. The molecule has 0 aliphatic heterocycles. The quantitative estimate of drug-likeness (QED) is 0.937. The highest BCUT2D eigenvalue weighted by atomic mass is 19.1. The van der Waals surface area contributed by atoms with Crippen LogP contribution in [-0.4, -0.2) is 21.8 Å². The van der Waals surface area contributed by atoms with Gasteiger partial charge in [0.15, 0.2) is 5.43 Å². The van der Waals surface area contributed by atoms with Gasteiger partial charge in [-0.15, -0.1) is 0 Å². The molecule has 108 valence electrons. The molecule has 1 amide bonds. The molecular formula is C16H15FN2O2. The number of benzene rings is 1. The molecule has 3 rings (SSSR count). The smallest absolute Gasteiger partial charge is 0.259 e. The van der Waals surface area contributed by atoms with E-state index in [1.165, 1.54) is 30.6 Å². The molecule has 1 fully saturated rings. The number of hydrogen-bond donors (Lipinski definition) is 1. The lowest BCUT2D eigenvalue weighted by atomic mass is 10.1. The molecule has 0 atom stereocenters. The van der Waals surface area contributed by atoms with Crippen molar-refractivity contribution >= 4 is 5.91 Å². The summed E-state index contributed by atoms with van der Waals surface area (Å²) >= 11 is 0. The fourth-order valence-electron chi connectivity index (χ4n) is 2.28. The fraction of sp³-hybridized carbons (Fsp3) is 0.250. The van der Waals surface area contributed by atoms with E-state index in [2.05, 4.69) is 4.98 Å². The van der Waals surface area contributed by atoms with Gasteiger partial charge in [0.05, 0.1) is 0 Å². The van der Waals surface area contributed by atoms with E-state index in [0.29, 0.717) is 6.54 Å². The maximum Gasteiger partial charge on any atom is 0.259 e. The van der Waals surface area contributed by atoms with Crippen LogP contribution >= 0.6 is 0 Å². The number of aromatic nitrogens is 1. The van der Waals surface area contributed by atoms with Gasteiger partial charge in [-0.05, 0) is 30.5 Å². The van der Waals surface area contributed by atoms with Crippen LogP contribution in [0.25, 0.3) is 0 Å². The van der Waals surface area contributed by atoms with E-state index in [1.807, 2.05) is 0 Å². The summed E-state index contributed by atoms with van der Waals surface area (Å²) in [6.07, 6.45) is 4.82. The van der Waals surface area contributed by atoms with E-state index in [-0.39, 0.29) is 28.8 Å². The molecule has 0 unspecified atom stereocenters. The van der Waals surface area contributed by atoms with Gasteiger partial charge in [-0.2, -0.15) is 0 Å². The first-order chi connectivity index (χ1) is 10.1. The highest BCUT2D eigenvalue weighted by molar-refractivity contribution is 5.94. The summed E-state index contributed by atoms with van der Waals surface area (Å²) in [5, 5.41) is 0. The zero-order chi connectivity index (χ0) is 14.8. The Labute approximate surface area is 121 Å². The average molecular weight is 286 g/mol. The number of amides is 1. The van der Waals surface area contributed by atoms with Crippen LogP contribution in [0.5, 0.6) is 0 Å². The van der Waals surface area contributed by atoms with E-state index >= 15 is 0 Å². The Morgan fingerprint density at radius 2 is 1.95 bits per heavy atom. The fourth-order valence-corrected chi connectivity index (χ4v) is 2.28. The number of aromatic amines is 1. The van der Waals surface area contributed by atoms with Gasteiger partial charge in [-0.3, -0.25) is 9.59 Å². The summed E-state index contributed by atoms with van der Waals surface area (Å²) in [6.45, 7) is 0.387. The van der Waals surface area contributed by atoms with Crippen molar-refractivity contribution in [2.24, 2.45) is 0 Å². The van der Waals surface area contributed by atoms with E-state index in [9.17, 15) is 14.0 Å². The summed E-state index contributed by atoms with van der Waals surface area (Å²) in [7, 11) is 0. The Kier molecular flexibility index (Phi) is 3.56. The molecule has 1 aromatic heterocycles. The first-order valence-electron chi connectivity index (χ1n) is 6.87. The van der Waals surface area contributed by atoms with E-state index in [1.54, 1.807) is 17.0 Å². The first-order valence-corrected chi connectivity index (χ1v) is 6.87. The average Bonchev–Trinajstić information content (AvgIpc) is 3.31. The van der Waals surface area contributed by atoms with Gasteiger partial charge >= 0.3 is 0 Å². The van der Waals surface area contributed by atoms with Gasteiger partial charge in [0.2, 0.25) is 0 Å². The largest absolute Gasteiger partial charge is 0.367 e. The molecular weight excluding hydrogens is 271 g/mol. The SMILES string of the molecule is O=C(c1c[nH]ccc1=O)N(Cc1ccc(F)cc1)C1CC1. The lowest BCUT2D eigenvalue weighted by Crippen LogP contribution is -2.35. The standard InChI is InChI=1S/C16H15FN2O2/c17-12-3-1-11(2-4-12)10-19(13-5-6-13)16(21)14-9-18-8-7-15(14)20/h1-4,7-9,13H,5-6,10H2,(H,18,20). The Hall–Kier alpha value is -2.43. The van der Waals surface area contributed by atoms with E-state index in [0.717, 1.165) is 18.4 Å². The monoisotopic (exact) mass is 286 g/mol. The van der Waals surface area contributed by atoms with Crippen LogP contribution in [0, 0.1) is 5.82 Å². The van der Waals surface area contributed by atoms with Gasteiger partial charge in [0.25, 0.3) is 5.91 Å². The van der Waals surface area contributed by atoms with Gasteiger partial charge in [-0.25, -0.2) is 4.39 Å². The number of halogens is 1. The second kappa shape index (κ2) is 5.52. The van der Waals surface area contributed by atoms with Crippen LogP contribution in [0.15, 0.2) is 47.5 Å². The lowest BCUT2D eigenvalue weighted by molar-refractivity contribution is 0.0728. The molecule has 1 N–H and O–H groups in total. The number of H-pyrrole nitrogens is 1. The Morgan fingerprint density at radius 1 is 1.24 bits per heavy atom. The predicted molar refractivity (Wildman–Crippen MR) is 76.4 cm³/mol. The molecule has 0 spiro atoms. The van der Waals surface area contributed by atoms with Gasteiger partial charge in [0, 0.05) is 31.0 Å². The number of rotatable bonds is 4. The molecule has 0 radical (unpaired) electrons. The second-order valence-electron chi connectivity index (χ2n) is 5.21. The van der Waals surface area contributed by atoms with Crippen LogP contribution in [0.4, 0.5) is 4.39 Å². The lowest BCUT2D eigenvalue weighted by Gasteiger charge is -2.22. The highest BCUT2D eigenvalue weighted by Gasteiger charge is 2.33. The van der Waals surface area contributed by atoms with Crippen molar-refractivity contribution in [3.8, 4) is 0 Å². The molecule has 4 nitrogen and oxygen atoms in total. The van der Waals surface area contributed by atoms with Gasteiger partial charge in [-0.1, -0.05) is 12.1 Å². The van der Waals surface area contributed by atoms with Crippen LogP contribution in [0.2, 0.25) is 0 Å². The third kappa shape index (κ3) is 3.02.